The highest BCUT2D eigenvalue weighted by Crippen LogP contribution is 2.34. The Morgan fingerprint density at radius 3 is 2.43 bits per heavy atom. The molecule has 1 saturated heterocycles. The van der Waals surface area contributed by atoms with Gasteiger partial charge in [-0.2, -0.15) is 0 Å². The van der Waals surface area contributed by atoms with E-state index in [0.717, 1.165) is 26.9 Å². The van der Waals surface area contributed by atoms with Crippen LogP contribution in [0.5, 0.6) is 5.75 Å². The minimum atomic E-state index is -0.394. The first-order valence-corrected chi connectivity index (χ1v) is 10.5. The molecule has 0 unspecified atom stereocenters. The molecular weight excluding hydrogens is 396 g/mol. The number of rotatable bonds is 6. The third kappa shape index (κ3) is 4.49. The fourth-order valence-corrected chi connectivity index (χ4v) is 4.33. The van der Waals surface area contributed by atoms with Gasteiger partial charge in [-0.1, -0.05) is 42.1 Å². The summed E-state index contributed by atoms with van der Waals surface area (Å²) in [7, 11) is 1.60. The predicted octanol–water partition coefficient (Wildman–Crippen LogP) is 4.84. The first-order valence-electron chi connectivity index (χ1n) is 9.71. The molecule has 1 N–H and O–H groups in total. The van der Waals surface area contributed by atoms with E-state index in [0.29, 0.717) is 6.54 Å². The van der Waals surface area contributed by atoms with E-state index < -0.39 is 5.92 Å². The van der Waals surface area contributed by atoms with Crippen LogP contribution in [0, 0.1) is 5.92 Å². The summed E-state index contributed by atoms with van der Waals surface area (Å²) in [6.07, 6.45) is 0.200. The molecule has 3 aromatic rings. The van der Waals surface area contributed by atoms with Gasteiger partial charge in [-0.25, -0.2) is 0 Å². The van der Waals surface area contributed by atoms with Crippen molar-refractivity contribution in [2.45, 2.75) is 16.2 Å². The molecule has 1 fully saturated rings. The molecule has 1 aliphatic heterocycles. The van der Waals surface area contributed by atoms with Gasteiger partial charge in [0, 0.05) is 28.4 Å². The summed E-state index contributed by atoms with van der Waals surface area (Å²) in [6, 6.07) is 25.0. The maximum atomic E-state index is 12.9. The SMILES string of the molecule is COc1ccc(N2C[C@H](C(=O)Nc3ccccc3Sc3ccccc3)CC2=O)cc1. The van der Waals surface area contributed by atoms with Crippen molar-refractivity contribution in [3.8, 4) is 5.75 Å². The smallest absolute Gasteiger partial charge is 0.229 e. The molecule has 0 aliphatic carbocycles. The number of anilines is 2. The number of hydrogen-bond acceptors (Lipinski definition) is 4. The van der Waals surface area contributed by atoms with Gasteiger partial charge in [0.2, 0.25) is 11.8 Å². The van der Waals surface area contributed by atoms with Crippen LogP contribution in [-0.2, 0) is 9.59 Å². The zero-order chi connectivity index (χ0) is 20.9. The van der Waals surface area contributed by atoms with E-state index in [1.807, 2.05) is 78.9 Å². The Kier molecular flexibility index (Phi) is 6.05. The monoisotopic (exact) mass is 418 g/mol. The number of nitrogens with one attached hydrogen (secondary N) is 1. The molecule has 0 radical (unpaired) electrons. The largest absolute Gasteiger partial charge is 0.497 e. The number of para-hydroxylation sites is 1. The van der Waals surface area contributed by atoms with Gasteiger partial charge < -0.3 is 15.0 Å². The van der Waals surface area contributed by atoms with E-state index in [4.69, 9.17) is 4.74 Å². The average Bonchev–Trinajstić information content (AvgIpc) is 3.18. The van der Waals surface area contributed by atoms with Gasteiger partial charge >= 0.3 is 0 Å². The lowest BCUT2D eigenvalue weighted by molar-refractivity contribution is -0.122. The molecule has 0 spiro atoms. The van der Waals surface area contributed by atoms with E-state index in [1.54, 1.807) is 23.8 Å². The van der Waals surface area contributed by atoms with Crippen molar-refractivity contribution >= 4 is 35.0 Å². The predicted molar refractivity (Wildman–Crippen MR) is 119 cm³/mol. The van der Waals surface area contributed by atoms with Crippen LogP contribution in [0.2, 0.25) is 0 Å². The summed E-state index contributed by atoms with van der Waals surface area (Å²) in [5.41, 5.74) is 1.53. The molecule has 2 amide bonds. The summed E-state index contributed by atoms with van der Waals surface area (Å²) < 4.78 is 5.17. The number of nitrogens with zero attached hydrogens (tertiary/aromatic N) is 1. The van der Waals surface area contributed by atoms with Crippen LogP contribution in [0.15, 0.2) is 88.7 Å². The van der Waals surface area contributed by atoms with Crippen molar-refractivity contribution in [3.63, 3.8) is 0 Å². The third-order valence-corrected chi connectivity index (χ3v) is 6.08. The maximum Gasteiger partial charge on any atom is 0.229 e. The fraction of sp³-hybridized carbons (Fsp3) is 0.167. The summed E-state index contributed by atoms with van der Waals surface area (Å²) in [5, 5.41) is 3.02. The number of carbonyl (C=O) groups excluding carboxylic acids is 2. The van der Waals surface area contributed by atoms with Gasteiger partial charge in [0.05, 0.1) is 18.7 Å². The first-order chi connectivity index (χ1) is 14.6. The topological polar surface area (TPSA) is 58.6 Å². The van der Waals surface area contributed by atoms with Crippen LogP contribution in [0.1, 0.15) is 6.42 Å². The number of methoxy groups -OCH3 is 1. The molecule has 6 heteroatoms. The summed E-state index contributed by atoms with van der Waals surface area (Å²) >= 11 is 1.60. The highest BCUT2D eigenvalue weighted by atomic mass is 32.2. The molecule has 3 aromatic carbocycles. The summed E-state index contributed by atoms with van der Waals surface area (Å²) in [6.45, 7) is 0.366. The van der Waals surface area contributed by atoms with Crippen LogP contribution < -0.4 is 15.0 Å². The molecule has 4 rings (SSSR count). The van der Waals surface area contributed by atoms with Gasteiger partial charge in [-0.15, -0.1) is 0 Å². The van der Waals surface area contributed by atoms with Crippen molar-refractivity contribution in [1.29, 1.82) is 0 Å². The van der Waals surface area contributed by atoms with Crippen LogP contribution in [0.4, 0.5) is 11.4 Å². The van der Waals surface area contributed by atoms with Gasteiger partial charge in [0.15, 0.2) is 0 Å². The zero-order valence-electron chi connectivity index (χ0n) is 16.6. The Balaban J connectivity index is 1.45. The van der Waals surface area contributed by atoms with Crippen LogP contribution in [0.25, 0.3) is 0 Å². The number of ether oxygens (including phenoxy) is 1. The van der Waals surface area contributed by atoms with Crippen LogP contribution in [0.3, 0.4) is 0 Å². The van der Waals surface area contributed by atoms with E-state index in [2.05, 4.69) is 5.32 Å². The van der Waals surface area contributed by atoms with E-state index in [9.17, 15) is 9.59 Å². The summed E-state index contributed by atoms with van der Waals surface area (Å²) in [5.74, 6) is 0.148. The van der Waals surface area contributed by atoms with Crippen molar-refractivity contribution in [3.05, 3.63) is 78.9 Å². The van der Waals surface area contributed by atoms with Crippen molar-refractivity contribution < 1.29 is 14.3 Å². The van der Waals surface area contributed by atoms with Gasteiger partial charge in [0.1, 0.15) is 5.75 Å². The molecule has 0 bridgehead atoms. The van der Waals surface area contributed by atoms with E-state index >= 15 is 0 Å². The number of amides is 2. The molecule has 1 aliphatic rings. The second-order valence-electron chi connectivity index (χ2n) is 7.00. The lowest BCUT2D eigenvalue weighted by Crippen LogP contribution is -2.28. The highest BCUT2D eigenvalue weighted by Gasteiger charge is 2.35. The third-order valence-electron chi connectivity index (χ3n) is 5.00. The molecule has 152 valence electrons. The van der Waals surface area contributed by atoms with Crippen molar-refractivity contribution in [2.75, 3.05) is 23.9 Å². The Morgan fingerprint density at radius 1 is 1.00 bits per heavy atom. The standard InChI is InChI=1S/C24H22N2O3S/c1-29-19-13-11-18(12-14-19)26-16-17(15-23(26)27)24(28)25-21-9-5-6-10-22(21)30-20-7-3-2-4-8-20/h2-14,17H,15-16H2,1H3,(H,25,28)/t17-/m1/s1. The molecule has 0 saturated carbocycles. The highest BCUT2D eigenvalue weighted by molar-refractivity contribution is 7.99. The second-order valence-corrected chi connectivity index (χ2v) is 8.12. The van der Waals surface area contributed by atoms with Crippen molar-refractivity contribution in [2.24, 2.45) is 5.92 Å². The van der Waals surface area contributed by atoms with Crippen LogP contribution >= 0.6 is 11.8 Å². The Hall–Kier alpha value is -3.25. The Labute approximate surface area is 180 Å². The second kappa shape index (κ2) is 9.05. The van der Waals surface area contributed by atoms with E-state index in [-0.39, 0.29) is 18.2 Å². The quantitative estimate of drug-likeness (QED) is 0.622. The van der Waals surface area contributed by atoms with Crippen molar-refractivity contribution in [1.82, 2.24) is 0 Å². The molecule has 5 nitrogen and oxygen atoms in total. The molecule has 30 heavy (non-hydrogen) atoms. The van der Waals surface area contributed by atoms with E-state index in [1.165, 1.54) is 0 Å². The molecule has 1 atom stereocenters. The molecular formula is C24H22N2O3S. The lowest BCUT2D eigenvalue weighted by atomic mass is 10.1. The van der Waals surface area contributed by atoms with Gasteiger partial charge in [-0.3, -0.25) is 9.59 Å². The zero-order valence-corrected chi connectivity index (χ0v) is 17.4. The minimum Gasteiger partial charge on any atom is -0.497 e. The Morgan fingerprint density at radius 2 is 1.70 bits per heavy atom. The number of hydrogen-bond donors (Lipinski definition) is 1. The van der Waals surface area contributed by atoms with Gasteiger partial charge in [-0.05, 0) is 48.5 Å². The van der Waals surface area contributed by atoms with Crippen LogP contribution in [-0.4, -0.2) is 25.5 Å². The normalized spacial score (nSPS) is 15.8. The summed E-state index contributed by atoms with van der Waals surface area (Å²) in [4.78, 5) is 29.2. The lowest BCUT2D eigenvalue weighted by Gasteiger charge is -2.17. The number of carbonyl (C=O) groups is 2. The fourth-order valence-electron chi connectivity index (χ4n) is 3.40. The Bertz CT molecular complexity index is 1040. The minimum absolute atomic E-state index is 0.0488. The maximum absolute atomic E-state index is 12.9. The van der Waals surface area contributed by atoms with Gasteiger partial charge in [0.25, 0.3) is 0 Å². The number of benzene rings is 3. The average molecular weight is 419 g/mol. The first kappa shape index (κ1) is 20.0. The molecule has 0 aromatic heterocycles. The molecule has 1 heterocycles.